The lowest BCUT2D eigenvalue weighted by Crippen LogP contribution is -2.42. The van der Waals surface area contributed by atoms with E-state index < -0.39 is 0 Å². The Morgan fingerprint density at radius 2 is 1.93 bits per heavy atom. The Bertz CT molecular complexity index is 681. The van der Waals surface area contributed by atoms with Gasteiger partial charge in [-0.15, -0.1) is 11.3 Å². The Morgan fingerprint density at radius 1 is 1.15 bits per heavy atom. The third-order valence-electron chi connectivity index (χ3n) is 5.36. The van der Waals surface area contributed by atoms with Gasteiger partial charge in [-0.2, -0.15) is 0 Å². The molecule has 0 spiro atoms. The van der Waals surface area contributed by atoms with Gasteiger partial charge in [0.15, 0.2) is 5.78 Å². The molecule has 1 unspecified atom stereocenters. The van der Waals surface area contributed by atoms with Crippen LogP contribution in [0.25, 0.3) is 0 Å². The number of hydrogen-bond donors (Lipinski definition) is 0. The highest BCUT2D eigenvalue weighted by molar-refractivity contribution is 7.12. The van der Waals surface area contributed by atoms with Crippen molar-refractivity contribution in [3.63, 3.8) is 0 Å². The van der Waals surface area contributed by atoms with Gasteiger partial charge >= 0.3 is 0 Å². The number of rotatable bonds is 6. The Balaban J connectivity index is 1.45. The highest BCUT2D eigenvalue weighted by atomic mass is 32.1. The minimum atomic E-state index is 0.0432. The second kappa shape index (κ2) is 9.46. The van der Waals surface area contributed by atoms with E-state index in [1.165, 1.54) is 11.3 Å². The predicted molar refractivity (Wildman–Crippen MR) is 104 cm³/mol. The van der Waals surface area contributed by atoms with Crippen LogP contribution in [0.2, 0.25) is 0 Å². The topological polar surface area (TPSA) is 66.9 Å². The second-order valence-electron chi connectivity index (χ2n) is 7.43. The maximum atomic E-state index is 12.6. The normalized spacial score (nSPS) is 20.6. The number of amides is 2. The largest absolute Gasteiger partial charge is 0.378 e. The minimum absolute atomic E-state index is 0.0432. The zero-order chi connectivity index (χ0) is 19.2. The maximum absolute atomic E-state index is 12.6. The van der Waals surface area contributed by atoms with Crippen molar-refractivity contribution in [2.24, 2.45) is 5.92 Å². The number of thiophene rings is 1. The Morgan fingerprint density at radius 3 is 2.63 bits per heavy atom. The number of ketones is 1. The maximum Gasteiger partial charge on any atom is 0.227 e. The van der Waals surface area contributed by atoms with Gasteiger partial charge in [0.1, 0.15) is 0 Å². The molecule has 0 N–H and O–H groups in total. The number of hydrogen-bond acceptors (Lipinski definition) is 5. The van der Waals surface area contributed by atoms with Crippen molar-refractivity contribution in [1.29, 1.82) is 0 Å². The quantitative estimate of drug-likeness (QED) is 0.697. The van der Waals surface area contributed by atoms with Crippen LogP contribution in [0.3, 0.4) is 0 Å². The highest BCUT2D eigenvalue weighted by Gasteiger charge is 2.25. The number of morpholine rings is 1. The molecule has 6 nitrogen and oxygen atoms in total. The number of Topliss-reactive ketones (excluding diaryl/α,β-unsaturated/α-hetero) is 1. The molecule has 1 aromatic heterocycles. The van der Waals surface area contributed by atoms with Crippen molar-refractivity contribution >= 4 is 28.9 Å². The summed E-state index contributed by atoms with van der Waals surface area (Å²) in [6, 6.07) is 1.83. The Hall–Kier alpha value is -1.73. The van der Waals surface area contributed by atoms with Crippen molar-refractivity contribution in [1.82, 2.24) is 9.80 Å². The first-order valence-electron chi connectivity index (χ1n) is 9.74. The van der Waals surface area contributed by atoms with E-state index in [0.717, 1.165) is 37.9 Å². The monoisotopic (exact) mass is 392 g/mol. The first-order valence-corrected chi connectivity index (χ1v) is 10.6. The van der Waals surface area contributed by atoms with Crippen LogP contribution in [0.4, 0.5) is 0 Å². The van der Waals surface area contributed by atoms with E-state index in [1.54, 1.807) is 6.92 Å². The molecule has 2 saturated heterocycles. The molecule has 2 amide bonds. The van der Waals surface area contributed by atoms with Crippen LogP contribution in [-0.2, 0) is 20.7 Å². The number of ether oxygens (including phenoxy) is 1. The molecule has 7 heteroatoms. The summed E-state index contributed by atoms with van der Waals surface area (Å²) in [5.41, 5.74) is 0.916. The smallest absolute Gasteiger partial charge is 0.227 e. The predicted octanol–water partition coefficient (Wildman–Crippen LogP) is 2.37. The van der Waals surface area contributed by atoms with Crippen molar-refractivity contribution in [3.8, 4) is 0 Å². The number of likely N-dealkylation sites (tertiary alicyclic amines) is 1. The molecule has 148 valence electrons. The summed E-state index contributed by atoms with van der Waals surface area (Å²) in [6.45, 7) is 5.71. The van der Waals surface area contributed by atoms with Gasteiger partial charge in [-0.05, 0) is 49.1 Å². The van der Waals surface area contributed by atoms with Gasteiger partial charge in [-0.3, -0.25) is 14.4 Å². The van der Waals surface area contributed by atoms with E-state index in [1.807, 2.05) is 21.2 Å². The number of piperidine rings is 1. The zero-order valence-corrected chi connectivity index (χ0v) is 16.8. The number of carbonyl (C=O) groups excluding carboxylic acids is 3. The van der Waals surface area contributed by atoms with E-state index >= 15 is 0 Å². The molecule has 1 atom stereocenters. The van der Waals surface area contributed by atoms with Gasteiger partial charge in [0.25, 0.3) is 0 Å². The molecule has 1 aromatic rings. The van der Waals surface area contributed by atoms with E-state index in [9.17, 15) is 14.4 Å². The van der Waals surface area contributed by atoms with Gasteiger partial charge in [0, 0.05) is 32.6 Å². The first kappa shape index (κ1) is 20.0. The molecule has 3 rings (SSSR count). The number of carbonyl (C=O) groups is 3. The van der Waals surface area contributed by atoms with Crippen LogP contribution in [0, 0.1) is 5.92 Å². The van der Waals surface area contributed by atoms with E-state index in [2.05, 4.69) is 0 Å². The molecular weight excluding hydrogens is 364 g/mol. The van der Waals surface area contributed by atoms with Crippen LogP contribution in [0.1, 0.15) is 47.8 Å². The zero-order valence-electron chi connectivity index (χ0n) is 15.9. The third kappa shape index (κ3) is 5.62. The van der Waals surface area contributed by atoms with Crippen LogP contribution in [-0.4, -0.2) is 66.8 Å². The average Bonchev–Trinajstić information content (AvgIpc) is 3.16. The molecule has 0 saturated carbocycles. The molecule has 3 heterocycles. The fourth-order valence-electron chi connectivity index (χ4n) is 3.77. The summed E-state index contributed by atoms with van der Waals surface area (Å²) in [7, 11) is 0. The lowest BCUT2D eigenvalue weighted by Gasteiger charge is -2.33. The summed E-state index contributed by atoms with van der Waals surface area (Å²) in [5, 5.41) is 1.90. The molecule has 2 aliphatic heterocycles. The van der Waals surface area contributed by atoms with E-state index in [0.29, 0.717) is 49.9 Å². The van der Waals surface area contributed by atoms with Crippen molar-refractivity contribution < 1.29 is 19.1 Å². The Kier molecular flexibility index (Phi) is 7.01. The minimum Gasteiger partial charge on any atom is -0.378 e. The third-order valence-corrected chi connectivity index (χ3v) is 6.44. The van der Waals surface area contributed by atoms with Crippen molar-refractivity contribution in [2.75, 3.05) is 39.4 Å². The van der Waals surface area contributed by atoms with Crippen LogP contribution >= 0.6 is 11.3 Å². The Labute approximate surface area is 164 Å². The summed E-state index contributed by atoms with van der Waals surface area (Å²) in [5.74, 6) is 0.758. The molecule has 0 aromatic carbocycles. The standard InChI is InChI=1S/C20H28N2O4S/c1-15(23)18-11-17(14-27-18)12-20(25)22-6-2-3-16(13-22)4-5-19(24)21-7-9-26-10-8-21/h11,14,16H,2-10,12-13H2,1H3. The SMILES string of the molecule is CC(=O)c1cc(CC(=O)N2CCCC(CCC(=O)N3CCOCC3)C2)cs1. The van der Waals surface area contributed by atoms with Gasteiger partial charge in [0.2, 0.25) is 11.8 Å². The molecule has 0 bridgehead atoms. The summed E-state index contributed by atoms with van der Waals surface area (Å²) in [4.78, 5) is 40.9. The highest BCUT2D eigenvalue weighted by Crippen LogP contribution is 2.23. The summed E-state index contributed by atoms with van der Waals surface area (Å²) < 4.78 is 5.29. The van der Waals surface area contributed by atoms with E-state index in [-0.39, 0.29) is 17.6 Å². The van der Waals surface area contributed by atoms with Crippen LogP contribution in [0.15, 0.2) is 11.4 Å². The van der Waals surface area contributed by atoms with Crippen LogP contribution in [0.5, 0.6) is 0 Å². The fourth-order valence-corrected chi connectivity index (χ4v) is 4.58. The summed E-state index contributed by atoms with van der Waals surface area (Å²) in [6.07, 6.45) is 3.81. The molecule has 0 radical (unpaired) electrons. The molecular formula is C20H28N2O4S. The summed E-state index contributed by atoms with van der Waals surface area (Å²) >= 11 is 1.40. The first-order chi connectivity index (χ1) is 13.0. The van der Waals surface area contributed by atoms with Crippen molar-refractivity contribution in [2.45, 2.75) is 39.0 Å². The van der Waals surface area contributed by atoms with Gasteiger partial charge in [-0.25, -0.2) is 0 Å². The number of nitrogens with zero attached hydrogens (tertiary/aromatic N) is 2. The lowest BCUT2D eigenvalue weighted by molar-refractivity contribution is -0.135. The lowest BCUT2D eigenvalue weighted by atomic mass is 9.92. The van der Waals surface area contributed by atoms with Gasteiger partial charge < -0.3 is 14.5 Å². The fraction of sp³-hybridized carbons (Fsp3) is 0.650. The molecule has 0 aliphatic carbocycles. The van der Waals surface area contributed by atoms with Crippen LogP contribution < -0.4 is 0 Å². The molecule has 2 fully saturated rings. The molecule has 27 heavy (non-hydrogen) atoms. The van der Waals surface area contributed by atoms with E-state index in [4.69, 9.17) is 4.74 Å². The van der Waals surface area contributed by atoms with Gasteiger partial charge in [-0.1, -0.05) is 0 Å². The second-order valence-corrected chi connectivity index (χ2v) is 8.34. The molecule has 2 aliphatic rings. The van der Waals surface area contributed by atoms with Gasteiger partial charge in [0.05, 0.1) is 24.5 Å². The average molecular weight is 393 g/mol. The van der Waals surface area contributed by atoms with Crippen molar-refractivity contribution in [3.05, 3.63) is 21.9 Å².